The zero-order chi connectivity index (χ0) is 18.4. The van der Waals surface area contributed by atoms with Gasteiger partial charge in [-0.25, -0.2) is 4.98 Å². The summed E-state index contributed by atoms with van der Waals surface area (Å²) >= 11 is 0. The van der Waals surface area contributed by atoms with Crippen molar-refractivity contribution < 1.29 is 4.79 Å². The molecule has 138 valence electrons. The third-order valence-corrected chi connectivity index (χ3v) is 4.48. The number of nitrogens with zero attached hydrogens (tertiary/aromatic N) is 4. The van der Waals surface area contributed by atoms with Gasteiger partial charge >= 0.3 is 0 Å². The lowest BCUT2D eigenvalue weighted by molar-refractivity contribution is -0.108. The van der Waals surface area contributed by atoms with Crippen molar-refractivity contribution in [1.29, 1.82) is 0 Å². The minimum atomic E-state index is -0.0392. The molecule has 3 rings (SSSR count). The first-order valence-electron chi connectivity index (χ1n) is 8.71. The van der Waals surface area contributed by atoms with Crippen molar-refractivity contribution >= 4 is 23.6 Å². The van der Waals surface area contributed by atoms with Gasteiger partial charge in [0.25, 0.3) is 0 Å². The predicted molar refractivity (Wildman–Crippen MR) is 104 cm³/mol. The van der Waals surface area contributed by atoms with Gasteiger partial charge in [-0.05, 0) is 24.3 Å². The molecule has 8 nitrogen and oxygen atoms in total. The third kappa shape index (κ3) is 4.40. The molecule has 1 fully saturated rings. The highest BCUT2D eigenvalue weighted by atomic mass is 16.1. The number of rotatable bonds is 6. The molecule has 4 N–H and O–H groups in total. The molecule has 0 spiro atoms. The highest BCUT2D eigenvalue weighted by molar-refractivity contribution is 5.91. The van der Waals surface area contributed by atoms with Crippen LogP contribution in [0.15, 0.2) is 41.5 Å². The molecule has 1 aromatic rings. The minimum Gasteiger partial charge on any atom is -0.384 e. The smallest absolute Gasteiger partial charge is 0.133 e. The summed E-state index contributed by atoms with van der Waals surface area (Å²) in [5.41, 5.74) is 7.50. The summed E-state index contributed by atoms with van der Waals surface area (Å²) in [4.78, 5) is 23.7. The van der Waals surface area contributed by atoms with Crippen LogP contribution < -0.4 is 21.3 Å². The normalized spacial score (nSPS) is 21.4. The number of amidine groups is 1. The van der Waals surface area contributed by atoms with Crippen molar-refractivity contribution in [1.82, 2.24) is 20.5 Å². The molecule has 0 aromatic carbocycles. The SMILES string of the molecule is CN=C(N)/C=C\C1NC=C(c2cccc(N3CCN(CC=O)CC3)n2)N1. The molecule has 26 heavy (non-hydrogen) atoms. The number of anilines is 1. The van der Waals surface area contributed by atoms with Crippen LogP contribution in [0.25, 0.3) is 5.70 Å². The van der Waals surface area contributed by atoms with Gasteiger partial charge in [-0.3, -0.25) is 9.89 Å². The highest BCUT2D eigenvalue weighted by Gasteiger charge is 2.19. The van der Waals surface area contributed by atoms with Crippen molar-refractivity contribution in [2.75, 3.05) is 44.7 Å². The second-order valence-corrected chi connectivity index (χ2v) is 6.19. The van der Waals surface area contributed by atoms with E-state index in [9.17, 15) is 4.79 Å². The van der Waals surface area contributed by atoms with Gasteiger partial charge in [0.05, 0.1) is 17.9 Å². The topological polar surface area (TPSA) is 98.9 Å². The maximum Gasteiger partial charge on any atom is 0.133 e. The zero-order valence-electron chi connectivity index (χ0n) is 14.9. The molecule has 1 atom stereocenters. The zero-order valence-corrected chi connectivity index (χ0v) is 14.9. The van der Waals surface area contributed by atoms with Gasteiger partial charge in [-0.1, -0.05) is 6.07 Å². The van der Waals surface area contributed by atoms with Crippen LogP contribution in [-0.2, 0) is 4.79 Å². The lowest BCUT2D eigenvalue weighted by Crippen LogP contribution is -2.47. The van der Waals surface area contributed by atoms with E-state index < -0.39 is 0 Å². The van der Waals surface area contributed by atoms with E-state index in [1.165, 1.54) is 0 Å². The average Bonchev–Trinajstić information content (AvgIpc) is 3.16. The largest absolute Gasteiger partial charge is 0.384 e. The fraction of sp³-hybridized carbons (Fsp3) is 0.389. The molecule has 2 aliphatic rings. The average molecular weight is 355 g/mol. The quantitative estimate of drug-likeness (QED) is 0.368. The number of aliphatic imine (C=N–C) groups is 1. The summed E-state index contributed by atoms with van der Waals surface area (Å²) in [6, 6.07) is 6.03. The van der Waals surface area contributed by atoms with Crippen LogP contribution in [0.2, 0.25) is 0 Å². The highest BCUT2D eigenvalue weighted by Crippen LogP contribution is 2.19. The number of hydrogen-bond donors (Lipinski definition) is 3. The summed E-state index contributed by atoms with van der Waals surface area (Å²) in [5.74, 6) is 1.44. The van der Waals surface area contributed by atoms with Crippen LogP contribution in [0.1, 0.15) is 5.69 Å². The number of aldehydes is 1. The number of carbonyl (C=O) groups excluding carboxylic acids is 1. The van der Waals surface area contributed by atoms with E-state index in [1.807, 2.05) is 30.5 Å². The lowest BCUT2D eigenvalue weighted by Gasteiger charge is -2.34. The minimum absolute atomic E-state index is 0.0392. The Hall–Kier alpha value is -2.87. The Balaban J connectivity index is 1.62. The maximum absolute atomic E-state index is 10.6. The Morgan fingerprint density at radius 1 is 1.38 bits per heavy atom. The summed E-state index contributed by atoms with van der Waals surface area (Å²) in [6.07, 6.45) is 6.53. The first-order chi connectivity index (χ1) is 12.7. The van der Waals surface area contributed by atoms with Crippen LogP contribution in [0.3, 0.4) is 0 Å². The Morgan fingerprint density at radius 2 is 2.19 bits per heavy atom. The fourth-order valence-corrected chi connectivity index (χ4v) is 2.96. The van der Waals surface area contributed by atoms with E-state index >= 15 is 0 Å². The van der Waals surface area contributed by atoms with Crippen LogP contribution in [0.4, 0.5) is 5.82 Å². The van der Waals surface area contributed by atoms with E-state index in [0.717, 1.165) is 49.7 Å². The van der Waals surface area contributed by atoms with Crippen molar-refractivity contribution in [2.24, 2.45) is 10.7 Å². The Morgan fingerprint density at radius 3 is 2.92 bits per heavy atom. The second kappa shape index (κ2) is 8.48. The number of carbonyl (C=O) groups is 1. The molecule has 0 radical (unpaired) electrons. The molecule has 1 unspecified atom stereocenters. The fourth-order valence-electron chi connectivity index (χ4n) is 2.96. The number of nitrogens with one attached hydrogen (secondary N) is 2. The molecule has 0 saturated carbocycles. The number of aromatic nitrogens is 1. The van der Waals surface area contributed by atoms with Gasteiger partial charge in [0.1, 0.15) is 24.1 Å². The van der Waals surface area contributed by atoms with Crippen molar-refractivity contribution in [2.45, 2.75) is 6.17 Å². The van der Waals surface area contributed by atoms with Gasteiger partial charge in [-0.15, -0.1) is 0 Å². The molecule has 0 amide bonds. The standard InChI is InChI=1S/C18H25N7O/c1-20-16(19)5-6-17-21-13-15(22-17)14-3-2-4-18(23-14)25-9-7-24(8-10-25)11-12-26/h2-6,12-13,17,21-22H,7-11H2,1H3,(H2,19,20)/b6-5-. The Labute approximate surface area is 153 Å². The molecular weight excluding hydrogens is 330 g/mol. The Bertz CT molecular complexity index is 720. The van der Waals surface area contributed by atoms with Crippen LogP contribution >= 0.6 is 0 Å². The van der Waals surface area contributed by atoms with Crippen molar-refractivity contribution in [3.63, 3.8) is 0 Å². The lowest BCUT2D eigenvalue weighted by atomic mass is 10.2. The van der Waals surface area contributed by atoms with Gasteiger partial charge in [0, 0.05) is 39.4 Å². The van der Waals surface area contributed by atoms with E-state index in [0.29, 0.717) is 12.4 Å². The summed E-state index contributed by atoms with van der Waals surface area (Å²) in [6.45, 7) is 4.00. The molecule has 8 heteroatoms. The first-order valence-corrected chi connectivity index (χ1v) is 8.71. The Kier molecular flexibility index (Phi) is 5.85. The van der Waals surface area contributed by atoms with Crippen LogP contribution in [0, 0.1) is 0 Å². The predicted octanol–water partition coefficient (Wildman–Crippen LogP) is -0.237. The number of hydrogen-bond acceptors (Lipinski definition) is 7. The summed E-state index contributed by atoms with van der Waals surface area (Å²) in [5, 5.41) is 6.60. The molecule has 3 heterocycles. The molecule has 1 aromatic heterocycles. The maximum atomic E-state index is 10.6. The van der Waals surface area contributed by atoms with E-state index in [1.54, 1.807) is 13.1 Å². The summed E-state index contributed by atoms with van der Waals surface area (Å²) in [7, 11) is 1.66. The van der Waals surface area contributed by atoms with Crippen LogP contribution in [0.5, 0.6) is 0 Å². The van der Waals surface area contributed by atoms with Gasteiger partial charge in [0.15, 0.2) is 0 Å². The number of piperazine rings is 1. The van der Waals surface area contributed by atoms with Gasteiger partial charge in [0.2, 0.25) is 0 Å². The van der Waals surface area contributed by atoms with E-state index in [4.69, 9.17) is 10.7 Å². The second-order valence-electron chi connectivity index (χ2n) is 6.19. The van der Waals surface area contributed by atoms with Crippen molar-refractivity contribution in [3.05, 3.63) is 42.2 Å². The number of nitrogens with two attached hydrogens (primary N) is 1. The van der Waals surface area contributed by atoms with Crippen molar-refractivity contribution in [3.8, 4) is 0 Å². The molecule has 1 saturated heterocycles. The first kappa shape index (κ1) is 17.9. The molecular formula is C18H25N7O. The van der Waals surface area contributed by atoms with E-state index in [-0.39, 0.29) is 6.17 Å². The number of pyridine rings is 1. The summed E-state index contributed by atoms with van der Waals surface area (Å²) < 4.78 is 0. The molecule has 0 bridgehead atoms. The third-order valence-electron chi connectivity index (χ3n) is 4.48. The monoisotopic (exact) mass is 355 g/mol. The van der Waals surface area contributed by atoms with Gasteiger partial charge < -0.3 is 26.1 Å². The van der Waals surface area contributed by atoms with E-state index in [2.05, 4.69) is 25.4 Å². The van der Waals surface area contributed by atoms with Gasteiger partial charge in [-0.2, -0.15) is 0 Å². The molecule has 2 aliphatic heterocycles. The van der Waals surface area contributed by atoms with Crippen LogP contribution in [-0.4, -0.2) is 67.9 Å². The molecule has 0 aliphatic carbocycles.